The quantitative estimate of drug-likeness (QED) is 0.272. The Kier molecular flexibility index (Phi) is 11.0. The third-order valence-electron chi connectivity index (χ3n) is 5.77. The van der Waals surface area contributed by atoms with Crippen LogP contribution in [0.3, 0.4) is 0 Å². The van der Waals surface area contributed by atoms with E-state index in [1.165, 1.54) is 13.0 Å². The van der Waals surface area contributed by atoms with Crippen molar-refractivity contribution in [2.45, 2.75) is 38.6 Å². The number of hydrogen-bond donors (Lipinski definition) is 3. The van der Waals surface area contributed by atoms with E-state index < -0.39 is 0 Å². The fourth-order valence-electron chi connectivity index (χ4n) is 4.09. The zero-order chi connectivity index (χ0) is 20.5. The molecular formula is C22H37IN4O3. The molecule has 0 radical (unpaired) electrons. The molecule has 0 spiro atoms. The number of phenolic OH excluding ortho intramolecular Hbond substituents is 1. The van der Waals surface area contributed by atoms with Gasteiger partial charge in [-0.05, 0) is 50.2 Å². The maximum Gasteiger partial charge on any atom is 0.191 e. The van der Waals surface area contributed by atoms with Gasteiger partial charge in [-0.2, -0.15) is 0 Å². The highest BCUT2D eigenvalue weighted by atomic mass is 127. The number of benzene rings is 1. The molecule has 2 heterocycles. The van der Waals surface area contributed by atoms with Crippen LogP contribution in [0.2, 0.25) is 0 Å². The van der Waals surface area contributed by atoms with Crippen molar-refractivity contribution in [3.05, 3.63) is 23.8 Å². The number of aliphatic imine (C=N–C) groups is 1. The van der Waals surface area contributed by atoms with Crippen molar-refractivity contribution in [3.8, 4) is 11.5 Å². The van der Waals surface area contributed by atoms with Crippen LogP contribution >= 0.6 is 24.0 Å². The number of methoxy groups -OCH3 is 1. The molecule has 1 atom stereocenters. The summed E-state index contributed by atoms with van der Waals surface area (Å²) in [7, 11) is 1.57. The van der Waals surface area contributed by atoms with Gasteiger partial charge in [-0.3, -0.25) is 4.99 Å². The summed E-state index contributed by atoms with van der Waals surface area (Å²) in [5.74, 6) is 2.29. The van der Waals surface area contributed by atoms with Crippen LogP contribution in [0.25, 0.3) is 0 Å². The Morgan fingerprint density at radius 3 is 2.77 bits per heavy atom. The van der Waals surface area contributed by atoms with E-state index in [1.807, 2.05) is 12.1 Å². The molecule has 8 heteroatoms. The minimum absolute atomic E-state index is 0. The number of piperidine rings is 1. The maximum atomic E-state index is 10.2. The molecule has 0 amide bonds. The summed E-state index contributed by atoms with van der Waals surface area (Å²) in [4.78, 5) is 7.29. The molecule has 2 fully saturated rings. The second-order valence-corrected chi connectivity index (χ2v) is 7.93. The van der Waals surface area contributed by atoms with Crippen LogP contribution in [0.1, 0.15) is 31.7 Å². The Morgan fingerprint density at radius 2 is 2.10 bits per heavy atom. The van der Waals surface area contributed by atoms with Crippen molar-refractivity contribution in [2.75, 3.05) is 53.0 Å². The first-order valence-electron chi connectivity index (χ1n) is 10.9. The van der Waals surface area contributed by atoms with Gasteiger partial charge in [0, 0.05) is 45.4 Å². The van der Waals surface area contributed by atoms with Crippen LogP contribution < -0.4 is 15.4 Å². The summed E-state index contributed by atoms with van der Waals surface area (Å²) >= 11 is 0. The number of nitrogens with one attached hydrogen (secondary N) is 2. The van der Waals surface area contributed by atoms with Crippen LogP contribution in [-0.4, -0.2) is 75.1 Å². The number of phenols is 1. The van der Waals surface area contributed by atoms with E-state index in [0.29, 0.717) is 30.7 Å². The molecule has 3 N–H and O–H groups in total. The SMILES string of the molecule is CCNC(=NCCc1cccc(OC)c1O)NC1CCN(CC2CCOC2)CC1.I. The van der Waals surface area contributed by atoms with Crippen LogP contribution in [0.15, 0.2) is 23.2 Å². The lowest BCUT2D eigenvalue weighted by Gasteiger charge is -2.34. The molecule has 0 bridgehead atoms. The largest absolute Gasteiger partial charge is 0.504 e. The van der Waals surface area contributed by atoms with E-state index in [9.17, 15) is 5.11 Å². The summed E-state index contributed by atoms with van der Waals surface area (Å²) in [6, 6.07) is 6.03. The van der Waals surface area contributed by atoms with Crippen molar-refractivity contribution in [1.29, 1.82) is 0 Å². The Labute approximate surface area is 197 Å². The monoisotopic (exact) mass is 532 g/mol. The van der Waals surface area contributed by atoms with Gasteiger partial charge in [0.2, 0.25) is 0 Å². The summed E-state index contributed by atoms with van der Waals surface area (Å²) in [6.45, 7) is 8.81. The molecule has 1 aromatic carbocycles. The molecule has 170 valence electrons. The lowest BCUT2D eigenvalue weighted by atomic mass is 10.0. The first-order chi connectivity index (χ1) is 14.2. The van der Waals surface area contributed by atoms with Gasteiger partial charge in [-0.1, -0.05) is 12.1 Å². The number of para-hydroxylation sites is 1. The van der Waals surface area contributed by atoms with Crippen LogP contribution in [0, 0.1) is 5.92 Å². The molecule has 1 aromatic rings. The fourth-order valence-corrected chi connectivity index (χ4v) is 4.09. The van der Waals surface area contributed by atoms with Crippen molar-refractivity contribution in [2.24, 2.45) is 10.9 Å². The van der Waals surface area contributed by atoms with Gasteiger partial charge < -0.3 is 30.1 Å². The first-order valence-corrected chi connectivity index (χ1v) is 10.9. The van der Waals surface area contributed by atoms with E-state index >= 15 is 0 Å². The van der Waals surface area contributed by atoms with E-state index in [-0.39, 0.29) is 29.7 Å². The number of likely N-dealkylation sites (tertiary alicyclic amines) is 1. The Balaban J connectivity index is 0.00000320. The smallest absolute Gasteiger partial charge is 0.191 e. The van der Waals surface area contributed by atoms with Crippen molar-refractivity contribution in [1.82, 2.24) is 15.5 Å². The van der Waals surface area contributed by atoms with E-state index in [1.54, 1.807) is 13.2 Å². The predicted octanol–water partition coefficient (Wildman–Crippen LogP) is 2.62. The van der Waals surface area contributed by atoms with Gasteiger partial charge in [0.05, 0.1) is 13.7 Å². The normalized spacial score (nSPS) is 20.6. The van der Waals surface area contributed by atoms with E-state index in [2.05, 4.69) is 22.5 Å². The molecule has 3 rings (SSSR count). The van der Waals surface area contributed by atoms with Crippen LogP contribution in [-0.2, 0) is 11.2 Å². The zero-order valence-electron chi connectivity index (χ0n) is 18.2. The van der Waals surface area contributed by atoms with Gasteiger partial charge in [0.1, 0.15) is 0 Å². The second kappa shape index (κ2) is 13.2. The summed E-state index contributed by atoms with van der Waals surface area (Å²) in [6.07, 6.45) is 4.14. The van der Waals surface area contributed by atoms with Gasteiger partial charge >= 0.3 is 0 Å². The topological polar surface area (TPSA) is 78.4 Å². The zero-order valence-corrected chi connectivity index (χ0v) is 20.6. The lowest BCUT2D eigenvalue weighted by molar-refractivity contribution is 0.150. The Hall–Kier alpha value is -1.26. The van der Waals surface area contributed by atoms with Gasteiger partial charge in [0.25, 0.3) is 0 Å². The highest BCUT2D eigenvalue weighted by Gasteiger charge is 2.24. The summed E-state index contributed by atoms with van der Waals surface area (Å²) < 4.78 is 10.7. The number of aromatic hydroxyl groups is 1. The highest BCUT2D eigenvalue weighted by molar-refractivity contribution is 14.0. The Morgan fingerprint density at radius 1 is 1.30 bits per heavy atom. The fraction of sp³-hybridized carbons (Fsp3) is 0.682. The molecule has 7 nitrogen and oxygen atoms in total. The number of guanidine groups is 1. The van der Waals surface area contributed by atoms with Crippen LogP contribution in [0.4, 0.5) is 0 Å². The predicted molar refractivity (Wildman–Crippen MR) is 131 cm³/mol. The van der Waals surface area contributed by atoms with E-state index in [0.717, 1.165) is 57.2 Å². The summed E-state index contributed by atoms with van der Waals surface area (Å²) in [5.41, 5.74) is 0.855. The van der Waals surface area contributed by atoms with Crippen LogP contribution in [0.5, 0.6) is 11.5 Å². The minimum atomic E-state index is 0. The lowest BCUT2D eigenvalue weighted by Crippen LogP contribution is -2.49. The van der Waals surface area contributed by atoms with E-state index in [4.69, 9.17) is 14.5 Å². The molecule has 2 aliphatic rings. The maximum absolute atomic E-state index is 10.2. The molecule has 30 heavy (non-hydrogen) atoms. The Bertz CT molecular complexity index is 660. The number of halogens is 1. The number of nitrogens with zero attached hydrogens (tertiary/aromatic N) is 2. The van der Waals surface area contributed by atoms with Crippen molar-refractivity contribution >= 4 is 29.9 Å². The number of ether oxygens (including phenoxy) is 2. The highest BCUT2D eigenvalue weighted by Crippen LogP contribution is 2.29. The standard InChI is InChI=1S/C22H36N4O3.HI/c1-3-23-22(24-11-7-18-5-4-6-20(28-2)21(18)27)25-19-8-12-26(13-9-19)15-17-10-14-29-16-17;/h4-6,17,19,27H,3,7-16H2,1-2H3,(H2,23,24,25);1H. The molecular weight excluding hydrogens is 495 g/mol. The second-order valence-electron chi connectivity index (χ2n) is 7.93. The molecule has 2 aliphatic heterocycles. The average molecular weight is 532 g/mol. The molecule has 1 unspecified atom stereocenters. The van der Waals surface area contributed by atoms with Gasteiger partial charge in [-0.15, -0.1) is 24.0 Å². The molecule has 2 saturated heterocycles. The van der Waals surface area contributed by atoms with Gasteiger partial charge in [-0.25, -0.2) is 0 Å². The molecule has 0 aliphatic carbocycles. The summed E-state index contributed by atoms with van der Waals surface area (Å²) in [5, 5.41) is 17.2. The molecule has 0 aromatic heterocycles. The van der Waals surface area contributed by atoms with Gasteiger partial charge in [0.15, 0.2) is 17.5 Å². The number of rotatable bonds is 8. The third-order valence-corrected chi connectivity index (χ3v) is 5.77. The van der Waals surface area contributed by atoms with Crippen molar-refractivity contribution in [3.63, 3.8) is 0 Å². The minimum Gasteiger partial charge on any atom is -0.504 e. The average Bonchev–Trinajstić information content (AvgIpc) is 3.24. The molecule has 0 saturated carbocycles. The number of hydrogen-bond acceptors (Lipinski definition) is 5. The van der Waals surface area contributed by atoms with Crippen molar-refractivity contribution < 1.29 is 14.6 Å². The first kappa shape index (κ1) is 25.0. The third kappa shape index (κ3) is 7.46.